The maximum Gasteiger partial charge on any atom is 0.243 e. The first kappa shape index (κ1) is 28.5. The molecule has 4 aromatic carbocycles. The predicted molar refractivity (Wildman–Crippen MR) is 160 cm³/mol. The maximum atomic E-state index is 14.5. The zero-order chi connectivity index (χ0) is 29.5. The van der Waals surface area contributed by atoms with E-state index in [0.29, 0.717) is 0 Å². The van der Waals surface area contributed by atoms with Crippen molar-refractivity contribution in [1.82, 2.24) is 8.61 Å². The molecule has 0 radical (unpaired) electrons. The third-order valence-electron chi connectivity index (χ3n) is 8.41. The molecule has 0 aromatic heterocycles. The smallest absolute Gasteiger partial charge is 0.243 e. The van der Waals surface area contributed by atoms with Gasteiger partial charge in [-0.25, -0.2) is 16.8 Å². The van der Waals surface area contributed by atoms with Crippen LogP contribution in [0.25, 0.3) is 0 Å². The van der Waals surface area contributed by atoms with E-state index in [-0.39, 0.29) is 35.0 Å². The second-order valence-electron chi connectivity index (χ2n) is 11.0. The molecule has 2 aliphatic heterocycles. The fourth-order valence-corrected chi connectivity index (χ4v) is 9.82. The van der Waals surface area contributed by atoms with Crippen molar-refractivity contribution in [2.45, 2.75) is 47.7 Å². The Kier molecular flexibility index (Phi) is 7.61. The molecular formula is C33H32N2O5S2. The first-order valence-electron chi connectivity index (χ1n) is 14.0. The molecule has 7 nitrogen and oxygen atoms in total. The standard InChI is InChI=1S/C33H32N2O5S2/c1-24-17-19-28(20-18-24)42(39,40)35-31(26-13-7-3-8-14-26)22-33(36)29-23-34(41(37,38)27-15-9-4-10-16-27)30(21-32(29)35)25-11-5-2-6-12-25/h2-20,29-32H,21-23H2,1H3/t29-,30+,31+,32+/m1/s1. The van der Waals surface area contributed by atoms with Crippen LogP contribution in [0.4, 0.5) is 0 Å². The molecule has 4 atom stereocenters. The number of piperidine rings is 2. The lowest BCUT2D eigenvalue weighted by molar-refractivity contribution is -0.132. The van der Waals surface area contributed by atoms with Crippen molar-refractivity contribution in [1.29, 1.82) is 0 Å². The molecule has 0 saturated carbocycles. The third kappa shape index (κ3) is 5.11. The van der Waals surface area contributed by atoms with Crippen molar-refractivity contribution in [3.8, 4) is 0 Å². The number of Topliss-reactive ketones (excluding diaryl/α,β-unsaturated/α-hetero) is 1. The highest BCUT2D eigenvalue weighted by molar-refractivity contribution is 7.89. The van der Waals surface area contributed by atoms with Crippen LogP contribution in [0, 0.1) is 12.8 Å². The van der Waals surface area contributed by atoms with Crippen LogP contribution in [0.2, 0.25) is 0 Å². The minimum atomic E-state index is -4.07. The number of hydrogen-bond acceptors (Lipinski definition) is 5. The van der Waals surface area contributed by atoms with E-state index in [1.807, 2.05) is 67.6 Å². The van der Waals surface area contributed by atoms with Gasteiger partial charge in [-0.15, -0.1) is 0 Å². The Morgan fingerprint density at radius 2 is 1.12 bits per heavy atom. The Labute approximate surface area is 247 Å². The molecule has 0 spiro atoms. The summed E-state index contributed by atoms with van der Waals surface area (Å²) in [6.07, 6.45) is 0.104. The number of rotatable bonds is 6. The van der Waals surface area contributed by atoms with Crippen LogP contribution < -0.4 is 0 Å². The van der Waals surface area contributed by atoms with E-state index in [0.717, 1.165) is 16.7 Å². The summed E-state index contributed by atoms with van der Waals surface area (Å²) < 4.78 is 59.9. The van der Waals surface area contributed by atoms with Crippen LogP contribution in [0.1, 0.15) is 41.6 Å². The summed E-state index contributed by atoms with van der Waals surface area (Å²) in [5.41, 5.74) is 2.41. The molecule has 216 valence electrons. The average Bonchev–Trinajstić information content (AvgIpc) is 3.01. The number of aryl methyl sites for hydroxylation is 1. The highest BCUT2D eigenvalue weighted by Crippen LogP contribution is 2.48. The summed E-state index contributed by atoms with van der Waals surface area (Å²) in [7, 11) is -8.06. The normalized spacial score (nSPS) is 23.8. The SMILES string of the molecule is Cc1ccc(S(=O)(=O)N2[C@H](c3ccccc3)CC(=O)[C@@H]3CN(S(=O)(=O)c4ccccc4)[C@H](c4ccccc4)C[C@@H]32)cc1. The van der Waals surface area contributed by atoms with Gasteiger partial charge < -0.3 is 0 Å². The first-order chi connectivity index (χ1) is 20.2. The number of hydrogen-bond donors (Lipinski definition) is 0. The lowest BCUT2D eigenvalue weighted by Gasteiger charge is -2.51. The lowest BCUT2D eigenvalue weighted by Crippen LogP contribution is -2.60. The largest absolute Gasteiger partial charge is 0.299 e. The number of ketones is 1. The van der Waals surface area contributed by atoms with Gasteiger partial charge in [-0.05, 0) is 48.7 Å². The van der Waals surface area contributed by atoms with E-state index in [2.05, 4.69) is 0 Å². The van der Waals surface area contributed by atoms with Crippen molar-refractivity contribution < 1.29 is 21.6 Å². The predicted octanol–water partition coefficient (Wildman–Crippen LogP) is 5.52. The Bertz CT molecular complexity index is 1780. The minimum absolute atomic E-state index is 0.0362. The number of benzene rings is 4. The molecule has 2 saturated heterocycles. The number of fused-ring (bicyclic) bond motifs is 1. The number of sulfonamides is 2. The van der Waals surface area contributed by atoms with Gasteiger partial charge in [0.25, 0.3) is 0 Å². The molecule has 2 heterocycles. The fraction of sp³-hybridized carbons (Fsp3) is 0.242. The number of carbonyl (C=O) groups excluding carboxylic acids is 1. The van der Waals surface area contributed by atoms with E-state index in [9.17, 15) is 21.6 Å². The van der Waals surface area contributed by atoms with Crippen molar-refractivity contribution in [2.24, 2.45) is 5.92 Å². The van der Waals surface area contributed by atoms with Crippen molar-refractivity contribution >= 4 is 25.8 Å². The molecule has 0 aliphatic carbocycles. The summed E-state index contributed by atoms with van der Waals surface area (Å²) in [4.78, 5) is 14.2. The van der Waals surface area contributed by atoms with Gasteiger partial charge in [0, 0.05) is 24.9 Å². The van der Waals surface area contributed by atoms with E-state index < -0.39 is 44.1 Å². The molecule has 0 unspecified atom stereocenters. The molecule has 0 amide bonds. The van der Waals surface area contributed by atoms with Crippen molar-refractivity contribution in [3.05, 3.63) is 132 Å². The van der Waals surface area contributed by atoms with E-state index in [4.69, 9.17) is 0 Å². The van der Waals surface area contributed by atoms with Crippen molar-refractivity contribution in [2.75, 3.05) is 6.54 Å². The van der Waals surface area contributed by atoms with Crippen LogP contribution in [0.15, 0.2) is 125 Å². The van der Waals surface area contributed by atoms with Crippen molar-refractivity contribution in [3.63, 3.8) is 0 Å². The zero-order valence-electron chi connectivity index (χ0n) is 23.2. The molecule has 4 aromatic rings. The van der Waals surface area contributed by atoms with Crippen LogP contribution in [-0.4, -0.2) is 43.8 Å². The summed E-state index contributed by atoms with van der Waals surface area (Å²) in [5.74, 6) is -0.951. The lowest BCUT2D eigenvalue weighted by atomic mass is 9.77. The van der Waals surface area contributed by atoms with Gasteiger partial charge in [-0.1, -0.05) is 96.6 Å². The van der Waals surface area contributed by atoms with E-state index in [1.54, 1.807) is 54.6 Å². The summed E-state index contributed by atoms with van der Waals surface area (Å²) in [5, 5.41) is 0. The second kappa shape index (κ2) is 11.2. The topological polar surface area (TPSA) is 91.8 Å². The monoisotopic (exact) mass is 600 g/mol. The molecular weight excluding hydrogens is 569 g/mol. The fourth-order valence-electron chi connectivity index (χ4n) is 6.30. The average molecular weight is 601 g/mol. The third-order valence-corrected chi connectivity index (χ3v) is 12.2. The van der Waals surface area contributed by atoms with Gasteiger partial charge in [-0.2, -0.15) is 8.61 Å². The Balaban J connectivity index is 1.50. The highest BCUT2D eigenvalue weighted by Gasteiger charge is 2.54. The molecule has 2 aliphatic rings. The van der Waals surface area contributed by atoms with Gasteiger partial charge in [0.1, 0.15) is 5.78 Å². The Morgan fingerprint density at radius 1 is 0.619 bits per heavy atom. The summed E-state index contributed by atoms with van der Waals surface area (Å²) in [6.45, 7) is 1.79. The summed E-state index contributed by atoms with van der Waals surface area (Å²) >= 11 is 0. The van der Waals surface area contributed by atoms with Gasteiger partial charge in [0.05, 0.1) is 21.9 Å². The first-order valence-corrected chi connectivity index (χ1v) is 16.9. The van der Waals surface area contributed by atoms with Crippen LogP contribution >= 0.6 is 0 Å². The Hall–Kier alpha value is -3.63. The van der Waals surface area contributed by atoms with Gasteiger partial charge in [0.15, 0.2) is 0 Å². The molecule has 2 fully saturated rings. The Morgan fingerprint density at radius 3 is 1.69 bits per heavy atom. The van der Waals surface area contributed by atoms with Gasteiger partial charge in [-0.3, -0.25) is 4.79 Å². The maximum absolute atomic E-state index is 14.5. The van der Waals surface area contributed by atoms with Crippen LogP contribution in [0.3, 0.4) is 0 Å². The van der Waals surface area contributed by atoms with E-state index >= 15 is 0 Å². The zero-order valence-corrected chi connectivity index (χ0v) is 24.8. The quantitative estimate of drug-likeness (QED) is 0.291. The highest BCUT2D eigenvalue weighted by atomic mass is 32.2. The minimum Gasteiger partial charge on any atom is -0.299 e. The number of carbonyl (C=O) groups is 1. The molecule has 6 rings (SSSR count). The van der Waals surface area contributed by atoms with Crippen LogP contribution in [-0.2, 0) is 24.8 Å². The number of nitrogens with zero attached hydrogens (tertiary/aromatic N) is 2. The van der Waals surface area contributed by atoms with Gasteiger partial charge >= 0.3 is 0 Å². The summed E-state index contributed by atoms with van der Waals surface area (Å²) in [6, 6.07) is 31.3. The molecule has 0 bridgehead atoms. The van der Waals surface area contributed by atoms with E-state index in [1.165, 1.54) is 8.61 Å². The van der Waals surface area contributed by atoms with Crippen LogP contribution in [0.5, 0.6) is 0 Å². The molecule has 42 heavy (non-hydrogen) atoms. The molecule has 0 N–H and O–H groups in total. The second-order valence-corrected chi connectivity index (χ2v) is 14.7. The van der Waals surface area contributed by atoms with Gasteiger partial charge in [0.2, 0.25) is 20.0 Å². The molecule has 9 heteroatoms.